The van der Waals surface area contributed by atoms with Crippen LogP contribution in [0.4, 0.5) is 13.2 Å². The Bertz CT molecular complexity index is 5820. The minimum Gasteiger partial charge on any atom is -0.307 e. The predicted molar refractivity (Wildman–Crippen MR) is 378 cm³/mol. The molecule has 0 radical (unpaired) electrons. The standard InChI is InChI=1S/C42H30F3N3.C42H30N4/c1-24-8-12-30-31-13-9-25(2)17-37(31)47(36(30)16-24)40-21-34(29-7-5-6-28(20-29)23-46)35(42(43,44)45)22-41(40)48-38-18-26(3)10-14-32(38)33-15-11-27(4)19-39(33)48;1-25-8-12-32-33-13-9-26(2)17-38(33)45(37(32)16-25)41-21-31(24-44)36(30-7-5-6-29(20-30)23-43)22-42(41)46-39-18-27(3)10-14-34(39)35-15-11-28(4)19-40(35)46/h5-22H,1-4H3;5-22H,1-4H3. The van der Waals surface area contributed by atoms with Crippen LogP contribution in [-0.4, -0.2) is 18.3 Å². The number of halogens is 3. The lowest BCUT2D eigenvalue weighted by Gasteiger charge is -2.22. The molecule has 0 saturated carbocycles. The number of fused-ring (bicyclic) bond motifs is 12. The van der Waals surface area contributed by atoms with Crippen molar-refractivity contribution in [1.82, 2.24) is 18.3 Å². The van der Waals surface area contributed by atoms with Gasteiger partial charge >= 0.3 is 6.18 Å². The van der Waals surface area contributed by atoms with Crippen LogP contribution in [0.2, 0.25) is 0 Å². The minimum atomic E-state index is -4.68. The molecule has 0 fully saturated rings. The maximum absolute atomic E-state index is 15.3. The average molecular weight is 1220 g/mol. The first kappa shape index (κ1) is 58.5. The van der Waals surface area contributed by atoms with E-state index in [0.29, 0.717) is 33.6 Å². The fourth-order valence-electron chi connectivity index (χ4n) is 14.2. The summed E-state index contributed by atoms with van der Waals surface area (Å²) in [5.41, 5.74) is 22.2. The van der Waals surface area contributed by atoms with E-state index in [1.54, 1.807) is 30.3 Å². The normalized spacial score (nSPS) is 11.7. The highest BCUT2D eigenvalue weighted by Gasteiger charge is 2.36. The topological polar surface area (TPSA) is 91.1 Å². The molecule has 452 valence electrons. The van der Waals surface area contributed by atoms with Crippen LogP contribution in [0.5, 0.6) is 0 Å². The first-order valence-electron chi connectivity index (χ1n) is 31.3. The highest BCUT2D eigenvalue weighted by atomic mass is 19.4. The summed E-state index contributed by atoms with van der Waals surface area (Å²) in [4.78, 5) is 0. The van der Waals surface area contributed by atoms with Crippen LogP contribution >= 0.6 is 0 Å². The molecule has 16 rings (SSSR count). The van der Waals surface area contributed by atoms with Gasteiger partial charge in [-0.1, -0.05) is 121 Å². The number of benzene rings is 12. The van der Waals surface area contributed by atoms with Crippen molar-refractivity contribution in [1.29, 1.82) is 15.8 Å². The van der Waals surface area contributed by atoms with E-state index in [1.165, 1.54) is 55.9 Å². The van der Waals surface area contributed by atoms with Crippen LogP contribution in [0, 0.1) is 89.4 Å². The van der Waals surface area contributed by atoms with Crippen molar-refractivity contribution in [2.24, 2.45) is 0 Å². The second kappa shape index (κ2) is 22.2. The number of nitrogens with zero attached hydrogens (tertiary/aromatic N) is 7. The van der Waals surface area contributed by atoms with E-state index in [4.69, 9.17) is 0 Å². The highest BCUT2D eigenvalue weighted by molar-refractivity contribution is 6.14. The molecule has 7 nitrogen and oxygen atoms in total. The number of alkyl halides is 3. The number of hydrogen-bond donors (Lipinski definition) is 0. The van der Waals surface area contributed by atoms with Crippen molar-refractivity contribution in [3.05, 3.63) is 285 Å². The maximum atomic E-state index is 15.3. The monoisotopic (exact) mass is 1220 g/mol. The molecule has 0 amide bonds. The van der Waals surface area contributed by atoms with Crippen LogP contribution in [0.3, 0.4) is 0 Å². The van der Waals surface area contributed by atoms with Crippen LogP contribution in [-0.2, 0) is 6.18 Å². The Morgan fingerprint density at radius 2 is 0.532 bits per heavy atom. The maximum Gasteiger partial charge on any atom is 0.417 e. The van der Waals surface area contributed by atoms with Crippen molar-refractivity contribution < 1.29 is 13.2 Å². The Hall–Kier alpha value is -11.9. The van der Waals surface area contributed by atoms with Gasteiger partial charge in [0.15, 0.2) is 0 Å². The first-order valence-corrected chi connectivity index (χ1v) is 31.3. The molecule has 0 N–H and O–H groups in total. The second-order valence-corrected chi connectivity index (χ2v) is 25.3. The highest BCUT2D eigenvalue weighted by Crippen LogP contribution is 2.47. The lowest BCUT2D eigenvalue weighted by atomic mass is 9.95. The lowest BCUT2D eigenvalue weighted by Crippen LogP contribution is -2.12. The number of nitriles is 3. The molecular formula is C84H60F3N7. The summed E-state index contributed by atoms with van der Waals surface area (Å²) < 4.78 is 54.7. The van der Waals surface area contributed by atoms with E-state index in [0.717, 1.165) is 110 Å². The van der Waals surface area contributed by atoms with Crippen molar-refractivity contribution in [3.63, 3.8) is 0 Å². The fourth-order valence-corrected chi connectivity index (χ4v) is 14.2. The Kier molecular flexibility index (Phi) is 13.8. The summed E-state index contributed by atoms with van der Waals surface area (Å²) in [5, 5.41) is 38.7. The van der Waals surface area contributed by atoms with E-state index in [-0.39, 0.29) is 5.56 Å². The van der Waals surface area contributed by atoms with Crippen LogP contribution in [0.25, 0.3) is 132 Å². The van der Waals surface area contributed by atoms with Gasteiger partial charge in [-0.05, 0) is 214 Å². The van der Waals surface area contributed by atoms with Crippen LogP contribution < -0.4 is 0 Å². The largest absolute Gasteiger partial charge is 0.417 e. The SMILES string of the molecule is Cc1ccc2c3ccc(C)cc3n(-c3cc(-c4cccc(C#N)c4)c(C(F)(F)F)cc3-n3c4cc(C)ccc4c4ccc(C)cc43)c2c1.Cc1ccc2c3ccc(C)cc3n(-c3cc(C#N)c(-c4cccc(C#N)c4)cc3-n3c4cc(C)ccc4c4ccc(C)cc43)c2c1. The van der Waals surface area contributed by atoms with Crippen molar-refractivity contribution in [3.8, 4) is 63.2 Å². The number of rotatable bonds is 6. The van der Waals surface area contributed by atoms with Gasteiger partial charge in [0.25, 0.3) is 0 Å². The molecule has 4 aromatic heterocycles. The minimum absolute atomic E-state index is 0.0155. The van der Waals surface area contributed by atoms with Crippen molar-refractivity contribution in [2.75, 3.05) is 0 Å². The fraction of sp³-hybridized carbons (Fsp3) is 0.107. The molecule has 0 atom stereocenters. The number of hydrogen-bond acceptors (Lipinski definition) is 3. The zero-order valence-electron chi connectivity index (χ0n) is 53.0. The molecule has 0 saturated heterocycles. The van der Waals surface area contributed by atoms with E-state index in [9.17, 15) is 15.8 Å². The zero-order valence-corrected chi connectivity index (χ0v) is 53.0. The van der Waals surface area contributed by atoms with E-state index >= 15 is 13.2 Å². The molecule has 0 aliphatic carbocycles. The molecular weight excluding hydrogens is 1160 g/mol. The summed E-state index contributed by atoms with van der Waals surface area (Å²) in [5.74, 6) is 0. The summed E-state index contributed by atoms with van der Waals surface area (Å²) in [6, 6.07) is 79.3. The Labute approximate surface area is 541 Å². The number of aryl methyl sites for hydroxylation is 8. The quantitative estimate of drug-likeness (QED) is 0.166. The number of aromatic nitrogens is 4. The van der Waals surface area contributed by atoms with Gasteiger partial charge in [-0.25, -0.2) is 0 Å². The molecule has 0 aliphatic heterocycles. The summed E-state index contributed by atoms with van der Waals surface area (Å²) in [6.45, 7) is 16.6. The second-order valence-electron chi connectivity index (χ2n) is 25.3. The first-order chi connectivity index (χ1) is 45.3. The van der Waals surface area contributed by atoms with E-state index < -0.39 is 11.7 Å². The molecule has 0 aliphatic rings. The van der Waals surface area contributed by atoms with Gasteiger partial charge in [-0.3, -0.25) is 0 Å². The van der Waals surface area contributed by atoms with Crippen molar-refractivity contribution in [2.45, 2.75) is 61.6 Å². The van der Waals surface area contributed by atoms with Gasteiger partial charge in [0.1, 0.15) is 0 Å². The van der Waals surface area contributed by atoms with E-state index in [1.807, 2.05) is 80.8 Å². The van der Waals surface area contributed by atoms with Gasteiger partial charge < -0.3 is 18.3 Å². The Morgan fingerprint density at radius 3 is 0.798 bits per heavy atom. The van der Waals surface area contributed by atoms with Crippen molar-refractivity contribution >= 4 is 87.2 Å². The molecule has 4 heterocycles. The van der Waals surface area contributed by atoms with Gasteiger partial charge in [-0.15, -0.1) is 0 Å². The molecule has 12 aromatic carbocycles. The van der Waals surface area contributed by atoms with Crippen LogP contribution in [0.15, 0.2) is 218 Å². The van der Waals surface area contributed by atoms with Crippen LogP contribution in [0.1, 0.15) is 66.8 Å². The summed E-state index contributed by atoms with van der Waals surface area (Å²) >= 11 is 0. The smallest absolute Gasteiger partial charge is 0.307 e. The Morgan fingerprint density at radius 1 is 0.277 bits per heavy atom. The molecule has 94 heavy (non-hydrogen) atoms. The molecule has 10 heteroatoms. The third-order valence-corrected chi connectivity index (χ3v) is 18.5. The third-order valence-electron chi connectivity index (χ3n) is 18.5. The van der Waals surface area contributed by atoms with Gasteiger partial charge in [0.2, 0.25) is 0 Å². The van der Waals surface area contributed by atoms with E-state index in [2.05, 4.69) is 187 Å². The molecule has 0 unspecified atom stereocenters. The average Bonchev–Trinajstić information content (AvgIpc) is 1.56. The summed E-state index contributed by atoms with van der Waals surface area (Å²) in [7, 11) is 0. The third kappa shape index (κ3) is 9.63. The van der Waals surface area contributed by atoms with Gasteiger partial charge in [-0.2, -0.15) is 29.0 Å². The summed E-state index contributed by atoms with van der Waals surface area (Å²) in [6.07, 6.45) is -4.68. The van der Waals surface area contributed by atoms with Gasteiger partial charge in [0.05, 0.1) is 107 Å². The zero-order chi connectivity index (χ0) is 65.2. The lowest BCUT2D eigenvalue weighted by molar-refractivity contribution is -0.137. The predicted octanol–water partition coefficient (Wildman–Crippen LogP) is 22.2. The molecule has 16 aromatic rings. The van der Waals surface area contributed by atoms with Gasteiger partial charge in [0, 0.05) is 48.7 Å². The molecule has 0 bridgehead atoms. The molecule has 0 spiro atoms. The Balaban J connectivity index is 0.000000155.